The summed E-state index contributed by atoms with van der Waals surface area (Å²) >= 11 is 1.72. The Morgan fingerprint density at radius 3 is 3.35 bits per heavy atom. The molecular formula is C13H17N3S. The van der Waals surface area contributed by atoms with E-state index in [2.05, 4.69) is 33.4 Å². The SMILES string of the molecule is CNCC1CCN(c2ccc3ncsc3c2)C1. The number of aromatic nitrogens is 1. The highest BCUT2D eigenvalue weighted by Crippen LogP contribution is 2.28. The number of hydrogen-bond acceptors (Lipinski definition) is 4. The van der Waals surface area contributed by atoms with E-state index in [9.17, 15) is 0 Å². The molecule has 1 atom stereocenters. The van der Waals surface area contributed by atoms with Gasteiger partial charge >= 0.3 is 0 Å². The topological polar surface area (TPSA) is 28.2 Å². The average molecular weight is 247 g/mol. The summed E-state index contributed by atoms with van der Waals surface area (Å²) in [6, 6.07) is 6.60. The van der Waals surface area contributed by atoms with E-state index in [-0.39, 0.29) is 0 Å². The summed E-state index contributed by atoms with van der Waals surface area (Å²) in [5.41, 5.74) is 4.38. The minimum absolute atomic E-state index is 0.789. The molecule has 2 aromatic rings. The van der Waals surface area contributed by atoms with Crippen LogP contribution in [0, 0.1) is 5.92 Å². The number of thiazole rings is 1. The molecule has 1 aliphatic rings. The molecule has 0 amide bonds. The standard InChI is InChI=1S/C13H17N3S/c1-14-7-10-4-5-16(8-10)11-2-3-12-13(6-11)17-9-15-12/h2-3,6,9-10,14H,4-5,7-8H2,1H3. The third-order valence-electron chi connectivity index (χ3n) is 3.46. The fourth-order valence-electron chi connectivity index (χ4n) is 2.56. The Morgan fingerprint density at radius 1 is 1.53 bits per heavy atom. The first kappa shape index (κ1) is 11.0. The Hall–Kier alpha value is -1.13. The minimum Gasteiger partial charge on any atom is -0.371 e. The molecule has 0 bridgehead atoms. The van der Waals surface area contributed by atoms with Crippen LogP contribution in [0.3, 0.4) is 0 Å². The average Bonchev–Trinajstić information content (AvgIpc) is 2.96. The van der Waals surface area contributed by atoms with E-state index < -0.39 is 0 Å². The van der Waals surface area contributed by atoms with Crippen LogP contribution in [-0.4, -0.2) is 31.7 Å². The van der Waals surface area contributed by atoms with Crippen molar-refractivity contribution >= 4 is 27.2 Å². The Kier molecular flexibility index (Phi) is 2.99. The number of hydrogen-bond donors (Lipinski definition) is 1. The largest absolute Gasteiger partial charge is 0.371 e. The summed E-state index contributed by atoms with van der Waals surface area (Å²) in [5.74, 6) is 0.789. The number of nitrogens with one attached hydrogen (secondary N) is 1. The van der Waals surface area contributed by atoms with Crippen molar-refractivity contribution in [3.05, 3.63) is 23.7 Å². The monoisotopic (exact) mass is 247 g/mol. The summed E-state index contributed by atoms with van der Waals surface area (Å²) in [6.45, 7) is 3.47. The molecule has 17 heavy (non-hydrogen) atoms. The number of nitrogens with zero attached hydrogens (tertiary/aromatic N) is 2. The molecule has 1 fully saturated rings. The maximum atomic E-state index is 4.32. The van der Waals surface area contributed by atoms with Crippen LogP contribution in [0.25, 0.3) is 10.2 Å². The van der Waals surface area contributed by atoms with Crippen molar-refractivity contribution in [2.45, 2.75) is 6.42 Å². The van der Waals surface area contributed by atoms with Gasteiger partial charge in [0.2, 0.25) is 0 Å². The van der Waals surface area contributed by atoms with E-state index >= 15 is 0 Å². The maximum Gasteiger partial charge on any atom is 0.0813 e. The molecule has 3 rings (SSSR count). The first-order chi connectivity index (χ1) is 8.36. The van der Waals surface area contributed by atoms with E-state index in [1.165, 1.54) is 29.9 Å². The molecule has 0 aliphatic carbocycles. The molecule has 2 heterocycles. The quantitative estimate of drug-likeness (QED) is 0.902. The van der Waals surface area contributed by atoms with Gasteiger partial charge in [-0.3, -0.25) is 0 Å². The second-order valence-corrected chi connectivity index (χ2v) is 5.55. The Labute approximate surface area is 105 Å². The molecule has 1 aromatic carbocycles. The van der Waals surface area contributed by atoms with E-state index in [1.807, 2.05) is 12.6 Å². The normalized spacial score (nSPS) is 20.3. The third kappa shape index (κ3) is 2.15. The summed E-state index contributed by atoms with van der Waals surface area (Å²) in [6.07, 6.45) is 1.29. The number of anilines is 1. The highest BCUT2D eigenvalue weighted by Gasteiger charge is 2.22. The first-order valence-electron chi connectivity index (χ1n) is 6.09. The van der Waals surface area contributed by atoms with Crippen molar-refractivity contribution in [1.29, 1.82) is 0 Å². The van der Waals surface area contributed by atoms with Gasteiger partial charge in [0, 0.05) is 18.8 Å². The van der Waals surface area contributed by atoms with Crippen LogP contribution in [0.2, 0.25) is 0 Å². The van der Waals surface area contributed by atoms with Crippen molar-refractivity contribution in [1.82, 2.24) is 10.3 Å². The van der Waals surface area contributed by atoms with Gasteiger partial charge in [-0.1, -0.05) is 0 Å². The van der Waals surface area contributed by atoms with Gasteiger partial charge in [0.25, 0.3) is 0 Å². The minimum atomic E-state index is 0.789. The molecule has 0 spiro atoms. The Balaban J connectivity index is 1.80. The Morgan fingerprint density at radius 2 is 2.47 bits per heavy atom. The van der Waals surface area contributed by atoms with Crippen LogP contribution >= 0.6 is 11.3 Å². The zero-order valence-corrected chi connectivity index (χ0v) is 10.8. The highest BCUT2D eigenvalue weighted by atomic mass is 32.1. The predicted octanol–water partition coefficient (Wildman–Crippen LogP) is 2.34. The third-order valence-corrected chi connectivity index (χ3v) is 4.25. The van der Waals surface area contributed by atoms with Gasteiger partial charge in [0.1, 0.15) is 0 Å². The van der Waals surface area contributed by atoms with Crippen LogP contribution in [0.1, 0.15) is 6.42 Å². The summed E-state index contributed by atoms with van der Waals surface area (Å²) in [7, 11) is 2.03. The van der Waals surface area contributed by atoms with Gasteiger partial charge in [0.05, 0.1) is 15.7 Å². The van der Waals surface area contributed by atoms with Crippen molar-refractivity contribution in [2.75, 3.05) is 31.6 Å². The predicted molar refractivity (Wildman–Crippen MR) is 73.9 cm³/mol. The fraction of sp³-hybridized carbons (Fsp3) is 0.462. The molecule has 0 radical (unpaired) electrons. The van der Waals surface area contributed by atoms with Crippen molar-refractivity contribution in [3.63, 3.8) is 0 Å². The summed E-state index contributed by atoms with van der Waals surface area (Å²) < 4.78 is 1.29. The molecule has 1 N–H and O–H groups in total. The number of fused-ring (bicyclic) bond motifs is 1. The molecule has 1 aromatic heterocycles. The lowest BCUT2D eigenvalue weighted by Gasteiger charge is -2.18. The van der Waals surface area contributed by atoms with Crippen LogP contribution in [-0.2, 0) is 0 Å². The molecule has 4 heteroatoms. The van der Waals surface area contributed by atoms with E-state index in [1.54, 1.807) is 11.3 Å². The number of benzene rings is 1. The fourth-order valence-corrected chi connectivity index (χ4v) is 3.27. The highest BCUT2D eigenvalue weighted by molar-refractivity contribution is 7.16. The zero-order valence-electron chi connectivity index (χ0n) is 10.0. The summed E-state index contributed by atoms with van der Waals surface area (Å²) in [4.78, 5) is 6.81. The van der Waals surface area contributed by atoms with Crippen LogP contribution in [0.5, 0.6) is 0 Å². The molecular weight excluding hydrogens is 230 g/mol. The van der Waals surface area contributed by atoms with Gasteiger partial charge in [-0.2, -0.15) is 0 Å². The molecule has 90 valence electrons. The lowest BCUT2D eigenvalue weighted by molar-refractivity contribution is 0.549. The van der Waals surface area contributed by atoms with Gasteiger partial charge in [-0.25, -0.2) is 4.98 Å². The second-order valence-electron chi connectivity index (χ2n) is 4.66. The molecule has 1 aliphatic heterocycles. The second kappa shape index (κ2) is 4.63. The van der Waals surface area contributed by atoms with Gasteiger partial charge in [-0.05, 0) is 44.1 Å². The van der Waals surface area contributed by atoms with Crippen LogP contribution in [0.4, 0.5) is 5.69 Å². The molecule has 1 saturated heterocycles. The van der Waals surface area contributed by atoms with Crippen LogP contribution in [0.15, 0.2) is 23.7 Å². The maximum absolute atomic E-state index is 4.32. The van der Waals surface area contributed by atoms with Crippen molar-refractivity contribution in [3.8, 4) is 0 Å². The molecule has 3 nitrogen and oxygen atoms in total. The molecule has 1 unspecified atom stereocenters. The van der Waals surface area contributed by atoms with Crippen molar-refractivity contribution in [2.24, 2.45) is 5.92 Å². The van der Waals surface area contributed by atoms with Crippen LogP contribution < -0.4 is 10.2 Å². The van der Waals surface area contributed by atoms with E-state index in [4.69, 9.17) is 0 Å². The zero-order chi connectivity index (χ0) is 11.7. The van der Waals surface area contributed by atoms with E-state index in [0.717, 1.165) is 18.0 Å². The van der Waals surface area contributed by atoms with Gasteiger partial charge < -0.3 is 10.2 Å². The molecule has 0 saturated carbocycles. The van der Waals surface area contributed by atoms with Gasteiger partial charge in [0.15, 0.2) is 0 Å². The van der Waals surface area contributed by atoms with Crippen molar-refractivity contribution < 1.29 is 0 Å². The van der Waals surface area contributed by atoms with E-state index in [0.29, 0.717) is 0 Å². The van der Waals surface area contributed by atoms with Gasteiger partial charge in [-0.15, -0.1) is 11.3 Å². The first-order valence-corrected chi connectivity index (χ1v) is 6.97. The number of rotatable bonds is 3. The summed E-state index contributed by atoms with van der Waals surface area (Å²) in [5, 5.41) is 3.27. The lowest BCUT2D eigenvalue weighted by Crippen LogP contribution is -2.24. The Bertz CT molecular complexity index is 508. The lowest BCUT2D eigenvalue weighted by atomic mass is 10.1. The smallest absolute Gasteiger partial charge is 0.0813 e.